The van der Waals surface area contributed by atoms with Crippen LogP contribution in [0.15, 0.2) is 73.3 Å². The number of nitro benzene ring substituents is 2. The van der Waals surface area contributed by atoms with E-state index in [1.54, 1.807) is 42.9 Å². The third kappa shape index (κ3) is 5.33. The molecule has 46 heavy (non-hydrogen) atoms. The van der Waals surface area contributed by atoms with E-state index in [0.29, 0.717) is 33.9 Å². The minimum absolute atomic E-state index is 0.210. The molecule has 4 heterocycles. The number of fused-ring (bicyclic) bond motifs is 2. The van der Waals surface area contributed by atoms with Crippen LogP contribution in [0.25, 0.3) is 0 Å². The van der Waals surface area contributed by atoms with Crippen molar-refractivity contribution in [3.8, 4) is 12.1 Å². The summed E-state index contributed by atoms with van der Waals surface area (Å²) >= 11 is 0. The molecule has 0 aliphatic carbocycles. The van der Waals surface area contributed by atoms with Crippen molar-refractivity contribution in [2.24, 2.45) is 0 Å². The summed E-state index contributed by atoms with van der Waals surface area (Å²) in [5, 5.41) is 52.3. The predicted molar refractivity (Wildman–Crippen MR) is 164 cm³/mol. The highest BCUT2D eigenvalue weighted by Crippen LogP contribution is 2.44. The molecule has 16 heteroatoms. The summed E-state index contributed by atoms with van der Waals surface area (Å²) < 4.78 is 0. The van der Waals surface area contributed by atoms with E-state index in [4.69, 9.17) is 0 Å². The lowest BCUT2D eigenvalue weighted by Crippen LogP contribution is -2.28. The fourth-order valence-corrected chi connectivity index (χ4v) is 4.86. The minimum Gasteiger partial charge on any atom is -0.350 e. The molecule has 2 aliphatic rings. The Morgan fingerprint density at radius 3 is 1.63 bits per heavy atom. The van der Waals surface area contributed by atoms with Crippen LogP contribution in [0, 0.1) is 42.9 Å². The lowest BCUT2D eigenvalue weighted by atomic mass is 9.85. The first-order valence-corrected chi connectivity index (χ1v) is 13.4. The number of hydrogen-bond acceptors (Lipinski definition) is 12. The lowest BCUT2D eigenvalue weighted by molar-refractivity contribution is -0.384. The second kappa shape index (κ2) is 11.6. The first-order chi connectivity index (χ1) is 21.9. The Balaban J connectivity index is 0.000000181. The number of aromatic nitrogens is 2. The molecule has 228 valence electrons. The van der Waals surface area contributed by atoms with Crippen molar-refractivity contribution in [1.29, 1.82) is 10.5 Å². The number of carbonyl (C=O) groups excluding carboxylic acids is 2. The van der Waals surface area contributed by atoms with E-state index in [2.05, 4.69) is 31.2 Å². The van der Waals surface area contributed by atoms with E-state index in [0.717, 1.165) is 0 Å². The Bertz CT molecular complexity index is 1860. The van der Waals surface area contributed by atoms with Gasteiger partial charge in [-0.25, -0.2) is 0 Å². The molecule has 2 aromatic heterocycles. The predicted octanol–water partition coefficient (Wildman–Crippen LogP) is 4.93. The number of benzene rings is 2. The number of rotatable bonds is 6. The van der Waals surface area contributed by atoms with Gasteiger partial charge in [0.1, 0.15) is 11.4 Å². The van der Waals surface area contributed by atoms with E-state index in [1.807, 2.05) is 12.1 Å². The van der Waals surface area contributed by atoms with Crippen molar-refractivity contribution in [2.75, 3.05) is 21.3 Å². The topological polar surface area (TPSA) is 242 Å². The molecule has 2 amide bonds. The van der Waals surface area contributed by atoms with Crippen LogP contribution < -0.4 is 21.3 Å². The highest BCUT2D eigenvalue weighted by Gasteiger charge is 2.46. The number of carbonyl (C=O) groups is 2. The number of nitrogens with zero attached hydrogens (tertiary/aromatic N) is 6. The Morgan fingerprint density at radius 2 is 1.22 bits per heavy atom. The van der Waals surface area contributed by atoms with Crippen LogP contribution >= 0.6 is 0 Å². The number of amides is 2. The molecule has 0 fully saturated rings. The van der Waals surface area contributed by atoms with Crippen LogP contribution in [0.4, 0.5) is 45.5 Å². The molecule has 2 aromatic carbocycles. The lowest BCUT2D eigenvalue weighted by Gasteiger charge is -2.13. The number of anilines is 6. The summed E-state index contributed by atoms with van der Waals surface area (Å²) in [5.74, 6) is -0.992. The van der Waals surface area contributed by atoms with Gasteiger partial charge in [-0.2, -0.15) is 10.5 Å². The third-order valence-electron chi connectivity index (χ3n) is 7.49. The van der Waals surface area contributed by atoms with Gasteiger partial charge in [0.2, 0.25) is 11.8 Å². The average Bonchev–Trinajstić information content (AvgIpc) is 3.44. The fraction of sp³-hybridized carbons (Fsp3) is 0.133. The Kier molecular flexibility index (Phi) is 7.71. The molecule has 2 aliphatic heterocycles. The molecule has 0 bridgehead atoms. The first-order valence-electron chi connectivity index (χ1n) is 13.4. The van der Waals surface area contributed by atoms with Crippen molar-refractivity contribution >= 4 is 57.3 Å². The van der Waals surface area contributed by atoms with E-state index in [1.165, 1.54) is 44.3 Å². The molecule has 4 aromatic rings. The summed E-state index contributed by atoms with van der Waals surface area (Å²) in [6, 6.07) is 16.0. The standard InChI is InChI=1S/2C15H11N5O3/c1-15(8-16)10-6-13(20(22)23)12(7-11(10)19-14(15)21)18-9-2-4-17-5-3-9;1-15(8-16)10-5-13(20(22)23)12(6-11(10)19-14(15)21)18-9-3-2-4-17-7-9/h2-7H,1H3,(H,17,18)(H,19,21);2-7,18H,1H3,(H,19,21). The van der Waals surface area contributed by atoms with Crippen LogP contribution in [0.5, 0.6) is 0 Å². The van der Waals surface area contributed by atoms with Crippen LogP contribution in [0.2, 0.25) is 0 Å². The summed E-state index contributed by atoms with van der Waals surface area (Å²) in [4.78, 5) is 53.4. The van der Waals surface area contributed by atoms with Gasteiger partial charge in [-0.15, -0.1) is 0 Å². The largest absolute Gasteiger partial charge is 0.350 e. The van der Waals surface area contributed by atoms with Crippen molar-refractivity contribution in [1.82, 2.24) is 9.97 Å². The van der Waals surface area contributed by atoms with Gasteiger partial charge in [0.05, 0.1) is 33.9 Å². The van der Waals surface area contributed by atoms with Crippen LogP contribution in [-0.4, -0.2) is 31.6 Å². The zero-order chi connectivity index (χ0) is 33.2. The van der Waals surface area contributed by atoms with E-state index in [-0.39, 0.29) is 22.7 Å². The second-order valence-corrected chi connectivity index (χ2v) is 10.5. The Morgan fingerprint density at radius 1 is 0.739 bits per heavy atom. The minimum atomic E-state index is -1.44. The summed E-state index contributed by atoms with van der Waals surface area (Å²) in [5.41, 5.74) is -0.292. The summed E-state index contributed by atoms with van der Waals surface area (Å²) in [6.45, 7) is 2.87. The Hall–Kier alpha value is -6.94. The number of nitro groups is 2. The maximum atomic E-state index is 12.0. The van der Waals surface area contributed by atoms with Crippen molar-refractivity contribution in [3.63, 3.8) is 0 Å². The molecular formula is C30H22N10O6. The summed E-state index contributed by atoms with van der Waals surface area (Å²) in [7, 11) is 0. The zero-order valence-corrected chi connectivity index (χ0v) is 24.1. The van der Waals surface area contributed by atoms with Gasteiger partial charge in [-0.3, -0.25) is 39.8 Å². The van der Waals surface area contributed by atoms with E-state index in [9.17, 15) is 40.3 Å². The van der Waals surface area contributed by atoms with Gasteiger partial charge in [0, 0.05) is 58.9 Å². The van der Waals surface area contributed by atoms with Crippen molar-refractivity contribution in [3.05, 3.63) is 105 Å². The summed E-state index contributed by atoms with van der Waals surface area (Å²) in [6.07, 6.45) is 6.21. The highest BCUT2D eigenvalue weighted by atomic mass is 16.6. The second-order valence-electron chi connectivity index (χ2n) is 10.5. The first kappa shape index (κ1) is 30.5. The molecule has 0 saturated heterocycles. The molecule has 2 atom stereocenters. The van der Waals surface area contributed by atoms with E-state index >= 15 is 0 Å². The SMILES string of the molecule is CC1(C#N)C(=O)Nc2cc(Nc3cccnc3)c([N+](=O)[O-])cc21.CC1(C#N)C(=O)Nc2cc(Nc3ccncc3)c([N+](=O)[O-])cc21. The molecule has 4 N–H and O–H groups in total. The highest BCUT2D eigenvalue weighted by molar-refractivity contribution is 6.10. The molecule has 6 rings (SSSR count). The van der Waals surface area contributed by atoms with Crippen molar-refractivity contribution < 1.29 is 19.4 Å². The van der Waals surface area contributed by atoms with Gasteiger partial charge in [0.25, 0.3) is 11.4 Å². The zero-order valence-electron chi connectivity index (χ0n) is 24.1. The van der Waals surface area contributed by atoms with Crippen LogP contribution in [0.1, 0.15) is 25.0 Å². The Labute approximate surface area is 260 Å². The van der Waals surface area contributed by atoms with Crippen LogP contribution in [-0.2, 0) is 20.4 Å². The van der Waals surface area contributed by atoms with Gasteiger partial charge < -0.3 is 21.3 Å². The average molecular weight is 619 g/mol. The quantitative estimate of drug-likeness (QED) is 0.166. The van der Waals surface area contributed by atoms with Gasteiger partial charge >= 0.3 is 0 Å². The molecular weight excluding hydrogens is 596 g/mol. The molecule has 0 radical (unpaired) electrons. The smallest absolute Gasteiger partial charge is 0.293 e. The van der Waals surface area contributed by atoms with Gasteiger partial charge in [-0.1, -0.05) is 0 Å². The van der Waals surface area contributed by atoms with Gasteiger partial charge in [0.15, 0.2) is 10.8 Å². The molecule has 2 unspecified atom stereocenters. The van der Waals surface area contributed by atoms with Crippen LogP contribution in [0.3, 0.4) is 0 Å². The number of nitrogens with one attached hydrogen (secondary N) is 4. The fourth-order valence-electron chi connectivity index (χ4n) is 4.86. The maximum absolute atomic E-state index is 12.0. The molecule has 0 saturated carbocycles. The van der Waals surface area contributed by atoms with Crippen molar-refractivity contribution in [2.45, 2.75) is 24.7 Å². The monoisotopic (exact) mass is 618 g/mol. The number of pyridine rings is 2. The van der Waals surface area contributed by atoms with Gasteiger partial charge in [-0.05, 0) is 50.2 Å². The maximum Gasteiger partial charge on any atom is 0.293 e. The molecule has 16 nitrogen and oxygen atoms in total. The number of hydrogen-bond donors (Lipinski definition) is 4. The van der Waals surface area contributed by atoms with E-state index < -0.39 is 32.5 Å². The molecule has 0 spiro atoms. The normalized spacial score (nSPS) is 18.7. The number of nitriles is 2. The third-order valence-corrected chi connectivity index (χ3v) is 7.49.